The molecular formula is C31H48N8O5. The number of aromatic nitrogens is 5. The smallest absolute Gasteiger partial charge is 0.410 e. The predicted molar refractivity (Wildman–Crippen MR) is 167 cm³/mol. The molecule has 4 N–H and O–H groups in total. The number of hydrogen-bond donors (Lipinski definition) is 3. The molecule has 242 valence electrons. The van der Waals surface area contributed by atoms with Crippen LogP contribution in [0.25, 0.3) is 5.65 Å². The second-order valence-electron chi connectivity index (χ2n) is 13.7. The van der Waals surface area contributed by atoms with Crippen LogP contribution < -0.4 is 11.3 Å². The van der Waals surface area contributed by atoms with Crippen molar-refractivity contribution in [3.63, 3.8) is 0 Å². The first-order valence-corrected chi connectivity index (χ1v) is 15.4. The number of anilines is 1. The molecule has 0 bridgehead atoms. The fourth-order valence-electron chi connectivity index (χ4n) is 5.52. The zero-order valence-corrected chi connectivity index (χ0v) is 27.3. The van der Waals surface area contributed by atoms with Crippen molar-refractivity contribution in [1.29, 1.82) is 0 Å². The number of carbonyl (C=O) groups is 2. The summed E-state index contributed by atoms with van der Waals surface area (Å²) in [5.41, 5.74) is 8.14. The van der Waals surface area contributed by atoms with Gasteiger partial charge in [0.15, 0.2) is 5.65 Å². The van der Waals surface area contributed by atoms with Crippen LogP contribution in [0.15, 0.2) is 16.9 Å². The average Bonchev–Trinajstić information content (AvgIpc) is 3.57. The first-order chi connectivity index (χ1) is 20.5. The molecule has 5 rings (SSSR count). The Bertz CT molecular complexity index is 1530. The van der Waals surface area contributed by atoms with Crippen LogP contribution in [-0.2, 0) is 9.47 Å². The van der Waals surface area contributed by atoms with Crippen LogP contribution in [0.2, 0.25) is 0 Å². The molecule has 2 fully saturated rings. The minimum Gasteiger partial charge on any atom is -0.444 e. The number of ether oxygens (including phenoxy) is 2. The maximum absolute atomic E-state index is 12.6. The number of fused-ring (bicyclic) bond motifs is 1. The number of piperidine rings is 2. The highest BCUT2D eigenvalue weighted by atomic mass is 16.6. The third kappa shape index (κ3) is 7.92. The Balaban J connectivity index is 0.000000209. The van der Waals surface area contributed by atoms with Gasteiger partial charge in [-0.3, -0.25) is 24.8 Å². The van der Waals surface area contributed by atoms with Crippen molar-refractivity contribution in [2.45, 2.75) is 117 Å². The molecule has 0 aromatic carbocycles. The lowest BCUT2D eigenvalue weighted by atomic mass is 10.00. The van der Waals surface area contributed by atoms with E-state index in [4.69, 9.17) is 15.2 Å². The summed E-state index contributed by atoms with van der Waals surface area (Å²) in [4.78, 5) is 45.3. The Labute approximate surface area is 258 Å². The topological polar surface area (TPSA) is 164 Å². The van der Waals surface area contributed by atoms with Gasteiger partial charge in [-0.25, -0.2) is 19.1 Å². The number of likely N-dealkylation sites (tertiary alicyclic amines) is 2. The molecule has 13 nitrogen and oxygen atoms in total. The number of aryl methyl sites for hydroxylation is 1. The molecular weight excluding hydrogens is 564 g/mol. The van der Waals surface area contributed by atoms with E-state index >= 15 is 0 Å². The van der Waals surface area contributed by atoms with Gasteiger partial charge in [-0.05, 0) is 93.9 Å². The van der Waals surface area contributed by atoms with Crippen molar-refractivity contribution in [2.24, 2.45) is 0 Å². The van der Waals surface area contributed by atoms with Crippen molar-refractivity contribution in [3.8, 4) is 0 Å². The molecule has 2 aliphatic rings. The van der Waals surface area contributed by atoms with Crippen LogP contribution >= 0.6 is 0 Å². The van der Waals surface area contributed by atoms with Crippen molar-refractivity contribution >= 4 is 23.7 Å². The van der Waals surface area contributed by atoms with Gasteiger partial charge in [-0.15, -0.1) is 0 Å². The van der Waals surface area contributed by atoms with Crippen LogP contribution in [0.1, 0.15) is 115 Å². The van der Waals surface area contributed by atoms with Gasteiger partial charge < -0.3 is 15.2 Å². The minimum atomic E-state index is -0.535. The van der Waals surface area contributed by atoms with Crippen LogP contribution in [0.3, 0.4) is 0 Å². The van der Waals surface area contributed by atoms with E-state index < -0.39 is 11.2 Å². The third-order valence-electron chi connectivity index (χ3n) is 7.70. The summed E-state index contributed by atoms with van der Waals surface area (Å²) in [6.07, 6.45) is 5.21. The first kappa shape index (κ1) is 32.9. The van der Waals surface area contributed by atoms with Gasteiger partial charge in [-0.2, -0.15) is 5.10 Å². The minimum absolute atomic E-state index is 0.0200. The SMILES string of the molecule is CC(C)(C)OC(=O)N1CCCC[C@H]1c1cc(N)n[nH]1.Cc1nc2cc([C@@H]3CCCCN3C(=O)OC(C)(C)C)[nH]n2c(=O)c1C. The summed E-state index contributed by atoms with van der Waals surface area (Å²) in [6.45, 7) is 16.2. The van der Waals surface area contributed by atoms with Crippen molar-refractivity contribution in [2.75, 3.05) is 18.8 Å². The Morgan fingerprint density at radius 3 is 1.86 bits per heavy atom. The molecule has 0 saturated carbocycles. The van der Waals surface area contributed by atoms with Crippen molar-refractivity contribution < 1.29 is 19.1 Å². The Morgan fingerprint density at radius 2 is 1.39 bits per heavy atom. The molecule has 2 atom stereocenters. The number of nitrogens with zero attached hydrogens (tertiary/aromatic N) is 5. The number of H-pyrrole nitrogens is 2. The van der Waals surface area contributed by atoms with E-state index in [-0.39, 0.29) is 29.8 Å². The Morgan fingerprint density at radius 1 is 0.864 bits per heavy atom. The lowest BCUT2D eigenvalue weighted by molar-refractivity contribution is 0.00801. The summed E-state index contributed by atoms with van der Waals surface area (Å²) < 4.78 is 12.5. The molecule has 44 heavy (non-hydrogen) atoms. The quantitative estimate of drug-likeness (QED) is 0.339. The molecule has 0 aliphatic carbocycles. The van der Waals surface area contributed by atoms with Gasteiger partial charge in [0.2, 0.25) is 0 Å². The van der Waals surface area contributed by atoms with Gasteiger partial charge in [0.1, 0.15) is 17.0 Å². The lowest BCUT2D eigenvalue weighted by Gasteiger charge is -2.36. The number of carbonyl (C=O) groups excluding carboxylic acids is 2. The summed E-state index contributed by atoms with van der Waals surface area (Å²) in [5, 5.41) is 9.97. The van der Waals surface area contributed by atoms with E-state index in [1.54, 1.807) is 22.8 Å². The van der Waals surface area contributed by atoms with E-state index in [0.29, 0.717) is 30.1 Å². The monoisotopic (exact) mass is 612 g/mol. The lowest BCUT2D eigenvalue weighted by Crippen LogP contribution is -2.42. The number of nitrogens with one attached hydrogen (secondary N) is 2. The highest BCUT2D eigenvalue weighted by Gasteiger charge is 2.34. The molecule has 3 aromatic rings. The van der Waals surface area contributed by atoms with Crippen LogP contribution in [0, 0.1) is 13.8 Å². The van der Waals surface area contributed by atoms with Crippen LogP contribution in [0.5, 0.6) is 0 Å². The molecule has 2 saturated heterocycles. The summed E-state index contributed by atoms with van der Waals surface area (Å²) >= 11 is 0. The Kier molecular flexibility index (Phi) is 9.65. The maximum atomic E-state index is 12.6. The number of hydrogen-bond acceptors (Lipinski definition) is 8. The summed E-state index contributed by atoms with van der Waals surface area (Å²) in [7, 11) is 0. The molecule has 5 heterocycles. The average molecular weight is 613 g/mol. The second kappa shape index (κ2) is 12.9. The number of aromatic amines is 2. The largest absolute Gasteiger partial charge is 0.444 e. The number of nitrogen functional groups attached to an aromatic ring is 1. The van der Waals surface area contributed by atoms with E-state index in [1.165, 1.54) is 4.52 Å². The second-order valence-corrected chi connectivity index (χ2v) is 13.7. The fourth-order valence-corrected chi connectivity index (χ4v) is 5.52. The van der Waals surface area contributed by atoms with Gasteiger partial charge in [0.25, 0.3) is 5.56 Å². The van der Waals surface area contributed by atoms with Crippen molar-refractivity contribution in [3.05, 3.63) is 45.1 Å². The van der Waals surface area contributed by atoms with Gasteiger partial charge >= 0.3 is 12.2 Å². The van der Waals surface area contributed by atoms with E-state index in [9.17, 15) is 14.4 Å². The normalized spacial score (nSPS) is 19.4. The molecule has 0 unspecified atom stereocenters. The standard InChI is InChI=1S/C18H26N4O3.C13H22N4O2/c1-11-12(2)19-15-10-13(20-22(15)16(11)23)14-8-6-7-9-21(14)17(24)25-18(3,4)5;1-13(2,3)19-12(18)17-7-5-4-6-10(17)9-8-11(14)16-15-9/h10,14,20H,6-9H2,1-5H3;8,10H,4-7H2,1-3H3,(H3,14,15,16)/t14-;10-/m00/s1. The number of nitrogens with two attached hydrogens (primary N) is 1. The highest BCUT2D eigenvalue weighted by molar-refractivity contribution is 5.69. The van der Waals surface area contributed by atoms with E-state index in [2.05, 4.69) is 20.3 Å². The van der Waals surface area contributed by atoms with E-state index in [1.807, 2.05) is 54.5 Å². The molecule has 0 spiro atoms. The molecule has 13 heteroatoms. The van der Waals surface area contributed by atoms with Gasteiger partial charge in [0.05, 0.1) is 23.5 Å². The van der Waals surface area contributed by atoms with Crippen LogP contribution in [-0.4, -0.2) is 71.1 Å². The van der Waals surface area contributed by atoms with Crippen molar-refractivity contribution in [1.82, 2.24) is 34.6 Å². The molecule has 0 radical (unpaired) electrons. The van der Waals surface area contributed by atoms with E-state index in [0.717, 1.165) is 55.6 Å². The summed E-state index contributed by atoms with van der Waals surface area (Å²) in [6, 6.07) is 3.49. The number of rotatable bonds is 2. The molecule has 3 aromatic heterocycles. The van der Waals surface area contributed by atoms with Gasteiger partial charge in [0, 0.05) is 36.5 Å². The molecule has 2 aliphatic heterocycles. The maximum Gasteiger partial charge on any atom is 0.410 e. The zero-order valence-electron chi connectivity index (χ0n) is 27.3. The van der Waals surface area contributed by atoms with Gasteiger partial charge in [-0.1, -0.05) is 0 Å². The third-order valence-corrected chi connectivity index (χ3v) is 7.70. The fraction of sp³-hybridized carbons (Fsp3) is 0.645. The predicted octanol–water partition coefficient (Wildman–Crippen LogP) is 5.56. The number of amides is 2. The highest BCUT2D eigenvalue weighted by Crippen LogP contribution is 2.33. The zero-order chi connectivity index (χ0) is 32.4. The summed E-state index contributed by atoms with van der Waals surface area (Å²) in [5.74, 6) is 0.449. The van der Waals surface area contributed by atoms with Crippen LogP contribution in [0.4, 0.5) is 15.4 Å². The first-order valence-electron chi connectivity index (χ1n) is 15.4. The Hall–Kier alpha value is -4.03. The molecule has 2 amide bonds.